The van der Waals surface area contributed by atoms with Crippen LogP contribution in [0.3, 0.4) is 0 Å². The third-order valence-corrected chi connectivity index (χ3v) is 9.39. The van der Waals surface area contributed by atoms with Gasteiger partial charge in [0.15, 0.2) is 0 Å². The largest absolute Gasteiger partial charge is 0.489 e. The first-order valence-electron chi connectivity index (χ1n) is 13.9. The van der Waals surface area contributed by atoms with Gasteiger partial charge in [-0.25, -0.2) is 0 Å². The topological polar surface area (TPSA) is 49.8 Å². The molecule has 5 rings (SSSR count). The van der Waals surface area contributed by atoms with E-state index >= 15 is 0 Å². The number of fused-ring (bicyclic) bond motifs is 3. The van der Waals surface area contributed by atoms with E-state index in [1.54, 1.807) is 0 Å². The Morgan fingerprint density at radius 1 is 1.06 bits per heavy atom. The van der Waals surface area contributed by atoms with Gasteiger partial charge in [0.25, 0.3) is 0 Å². The van der Waals surface area contributed by atoms with Crippen molar-refractivity contribution in [2.75, 3.05) is 6.54 Å². The monoisotopic (exact) mass is 497 g/mol. The summed E-state index contributed by atoms with van der Waals surface area (Å²) < 4.78 is 6.33. The van der Waals surface area contributed by atoms with Gasteiger partial charge in [-0.2, -0.15) is 0 Å². The Kier molecular flexibility index (Phi) is 7.89. The van der Waals surface area contributed by atoms with Crippen molar-refractivity contribution in [1.29, 1.82) is 0 Å². The molecular weight excluding hydrogens is 458 g/mol. The van der Waals surface area contributed by atoms with Gasteiger partial charge in [0, 0.05) is 17.5 Å². The standard InChI is InChI=1S/C30H40ClNO3/c1-2-20-8-12-26(13-9-20)35-28-15-11-22-17-21(10-14-27(22)29(28)31)5-4-16-32-24-6-3-7-25(32)19-23(18-24)30(33)34/h10-11,14-15,17,20,23-26H,2-9,12-13,16,18-19H2,1H3,(H,33,34)/t20-,23?,24?,25?,26+. The zero-order valence-electron chi connectivity index (χ0n) is 21.1. The summed E-state index contributed by atoms with van der Waals surface area (Å²) in [6, 6.07) is 11.7. The van der Waals surface area contributed by atoms with E-state index in [1.807, 2.05) is 6.07 Å². The Morgan fingerprint density at radius 3 is 2.49 bits per heavy atom. The molecular formula is C30H40ClNO3. The van der Waals surface area contributed by atoms with Crippen molar-refractivity contribution in [3.63, 3.8) is 0 Å². The van der Waals surface area contributed by atoms with Crippen molar-refractivity contribution in [2.24, 2.45) is 11.8 Å². The minimum atomic E-state index is -0.603. The smallest absolute Gasteiger partial charge is 0.306 e. The summed E-state index contributed by atoms with van der Waals surface area (Å²) in [5.74, 6) is 0.931. The first kappa shape index (κ1) is 24.9. The molecule has 0 spiro atoms. The molecule has 4 nitrogen and oxygen atoms in total. The Bertz CT molecular complexity index is 1020. The number of benzene rings is 2. The number of halogens is 1. The lowest BCUT2D eigenvalue weighted by atomic mass is 9.78. The number of hydrogen-bond donors (Lipinski definition) is 1. The minimum Gasteiger partial charge on any atom is -0.489 e. The number of carboxylic acids is 1. The van der Waals surface area contributed by atoms with Gasteiger partial charge in [0.1, 0.15) is 5.75 Å². The SMILES string of the molecule is CC[C@H]1CC[C@@H](Oc2ccc3cc(CCCN4C5CCCC4CC(C(=O)O)C5)ccc3c2Cl)CC1. The van der Waals surface area contributed by atoms with Crippen molar-refractivity contribution in [1.82, 2.24) is 4.90 Å². The fraction of sp³-hybridized carbons (Fsp3) is 0.633. The molecule has 2 aromatic rings. The molecule has 2 heterocycles. The Hall–Kier alpha value is -1.78. The zero-order chi connectivity index (χ0) is 24.4. The summed E-state index contributed by atoms with van der Waals surface area (Å²) in [4.78, 5) is 14.2. The number of aryl methyl sites for hydroxylation is 1. The molecule has 2 atom stereocenters. The summed E-state index contributed by atoms with van der Waals surface area (Å²) >= 11 is 6.79. The molecule has 1 aliphatic carbocycles. The van der Waals surface area contributed by atoms with Gasteiger partial charge in [0.2, 0.25) is 0 Å². The number of aliphatic carboxylic acids is 1. The van der Waals surface area contributed by atoms with E-state index < -0.39 is 5.97 Å². The van der Waals surface area contributed by atoms with Crippen LogP contribution in [0.5, 0.6) is 5.75 Å². The highest BCUT2D eigenvalue weighted by molar-refractivity contribution is 6.37. The van der Waals surface area contributed by atoms with Crippen LogP contribution in [0.4, 0.5) is 0 Å². The number of nitrogens with zero attached hydrogens (tertiary/aromatic N) is 1. The number of hydrogen-bond acceptors (Lipinski definition) is 3. The molecule has 0 amide bonds. The Balaban J connectivity index is 1.18. The van der Waals surface area contributed by atoms with Crippen LogP contribution in [0.15, 0.2) is 30.3 Å². The molecule has 2 aromatic carbocycles. The van der Waals surface area contributed by atoms with E-state index in [1.165, 1.54) is 36.6 Å². The van der Waals surface area contributed by atoms with Crippen molar-refractivity contribution in [2.45, 2.75) is 102 Å². The van der Waals surface area contributed by atoms with Gasteiger partial charge in [-0.05, 0) is 93.7 Å². The van der Waals surface area contributed by atoms with Crippen molar-refractivity contribution < 1.29 is 14.6 Å². The zero-order valence-corrected chi connectivity index (χ0v) is 21.8. The van der Waals surface area contributed by atoms with Crippen molar-refractivity contribution in [3.8, 4) is 5.75 Å². The fourth-order valence-electron chi connectivity index (χ4n) is 6.92. The highest BCUT2D eigenvalue weighted by Crippen LogP contribution is 2.38. The van der Waals surface area contributed by atoms with Crippen LogP contribution in [-0.2, 0) is 11.2 Å². The first-order chi connectivity index (χ1) is 17.0. The van der Waals surface area contributed by atoms with E-state index in [9.17, 15) is 9.90 Å². The number of ether oxygens (including phenoxy) is 1. The molecule has 35 heavy (non-hydrogen) atoms. The fourth-order valence-corrected chi connectivity index (χ4v) is 7.20. The van der Waals surface area contributed by atoms with E-state index in [-0.39, 0.29) is 12.0 Å². The predicted octanol–water partition coefficient (Wildman–Crippen LogP) is 7.49. The molecule has 2 aliphatic heterocycles. The Morgan fingerprint density at radius 2 is 1.80 bits per heavy atom. The lowest BCUT2D eigenvalue weighted by molar-refractivity contribution is -0.146. The van der Waals surface area contributed by atoms with Crippen molar-refractivity contribution >= 4 is 28.3 Å². The van der Waals surface area contributed by atoms with Gasteiger partial charge in [-0.3, -0.25) is 9.69 Å². The summed E-state index contributed by atoms with van der Waals surface area (Å²) in [6.45, 7) is 3.35. The number of carbonyl (C=O) groups is 1. The molecule has 3 aliphatic rings. The number of rotatable bonds is 8. The van der Waals surface area contributed by atoms with E-state index in [0.717, 1.165) is 80.0 Å². The van der Waals surface area contributed by atoms with Crippen LogP contribution in [-0.4, -0.2) is 40.7 Å². The maximum atomic E-state index is 11.5. The molecule has 3 fully saturated rings. The summed E-state index contributed by atoms with van der Waals surface area (Å²) in [5, 5.41) is 12.5. The lowest BCUT2D eigenvalue weighted by Crippen LogP contribution is -2.53. The quantitative estimate of drug-likeness (QED) is 0.410. The summed E-state index contributed by atoms with van der Waals surface area (Å²) in [5.41, 5.74) is 1.34. The summed E-state index contributed by atoms with van der Waals surface area (Å²) in [7, 11) is 0. The van der Waals surface area contributed by atoms with Gasteiger partial charge >= 0.3 is 5.97 Å². The molecule has 1 saturated carbocycles. The van der Waals surface area contributed by atoms with E-state index in [2.05, 4.69) is 36.1 Å². The van der Waals surface area contributed by atoms with E-state index in [0.29, 0.717) is 12.1 Å². The molecule has 2 bridgehead atoms. The second-order valence-corrected chi connectivity index (χ2v) is 11.6. The second-order valence-electron chi connectivity index (χ2n) is 11.2. The molecule has 1 N–H and O–H groups in total. The molecule has 190 valence electrons. The Labute approximate surface area is 215 Å². The number of carboxylic acid groups (broad SMARTS) is 1. The van der Waals surface area contributed by atoms with Crippen molar-refractivity contribution in [3.05, 3.63) is 40.9 Å². The highest BCUT2D eigenvalue weighted by Gasteiger charge is 2.40. The van der Waals surface area contributed by atoms with Crippen LogP contribution in [0.2, 0.25) is 5.02 Å². The van der Waals surface area contributed by atoms with Gasteiger partial charge in [-0.1, -0.05) is 55.6 Å². The van der Waals surface area contributed by atoms with Crippen LogP contribution in [0.1, 0.15) is 83.1 Å². The van der Waals surface area contributed by atoms with Gasteiger partial charge < -0.3 is 9.84 Å². The molecule has 0 aromatic heterocycles. The third-order valence-electron chi connectivity index (χ3n) is 9.00. The number of piperidine rings is 2. The maximum absolute atomic E-state index is 11.5. The van der Waals surface area contributed by atoms with Gasteiger partial charge in [0.05, 0.1) is 17.0 Å². The minimum absolute atomic E-state index is 0.146. The van der Waals surface area contributed by atoms with Crippen LogP contribution in [0, 0.1) is 11.8 Å². The first-order valence-corrected chi connectivity index (χ1v) is 14.3. The third kappa shape index (κ3) is 5.64. The molecule has 2 saturated heterocycles. The molecule has 2 unspecified atom stereocenters. The average molecular weight is 498 g/mol. The molecule has 5 heteroatoms. The summed E-state index contributed by atoms with van der Waals surface area (Å²) in [6.07, 6.45) is 13.7. The van der Waals surface area contributed by atoms with Gasteiger partial charge in [-0.15, -0.1) is 0 Å². The highest BCUT2D eigenvalue weighted by atomic mass is 35.5. The molecule has 0 radical (unpaired) electrons. The predicted molar refractivity (Wildman–Crippen MR) is 142 cm³/mol. The normalized spacial score (nSPS) is 29.3. The second kappa shape index (κ2) is 11.1. The maximum Gasteiger partial charge on any atom is 0.306 e. The lowest BCUT2D eigenvalue weighted by Gasteiger charge is -2.48. The van der Waals surface area contributed by atoms with Crippen LogP contribution >= 0.6 is 11.6 Å². The van der Waals surface area contributed by atoms with Crippen LogP contribution in [0.25, 0.3) is 10.8 Å². The van der Waals surface area contributed by atoms with Crippen LogP contribution < -0.4 is 4.74 Å². The average Bonchev–Trinajstić information content (AvgIpc) is 2.86. The van der Waals surface area contributed by atoms with E-state index in [4.69, 9.17) is 16.3 Å².